The Kier molecular flexibility index (Phi) is 7.18. The summed E-state index contributed by atoms with van der Waals surface area (Å²) >= 11 is 5.90. The molecule has 2 N–H and O–H groups in total. The van der Waals surface area contributed by atoms with E-state index in [9.17, 15) is 9.59 Å². The summed E-state index contributed by atoms with van der Waals surface area (Å²) in [6.07, 6.45) is 0.196. The number of rotatable bonds is 8. The average Bonchev–Trinajstić information content (AvgIpc) is 2.73. The van der Waals surface area contributed by atoms with Crippen molar-refractivity contribution in [1.29, 1.82) is 0 Å². The minimum absolute atomic E-state index is 0.0487. The van der Waals surface area contributed by atoms with Gasteiger partial charge in [0.05, 0.1) is 33.1 Å². The zero-order valence-corrected chi connectivity index (χ0v) is 17.6. The van der Waals surface area contributed by atoms with Crippen molar-refractivity contribution >= 4 is 23.4 Å². The van der Waals surface area contributed by atoms with Crippen LogP contribution >= 0.6 is 11.6 Å². The number of primary amides is 1. The van der Waals surface area contributed by atoms with E-state index < -0.39 is 11.5 Å². The monoisotopic (exact) mass is 432 g/mol. The maximum absolute atomic E-state index is 12.9. The zero-order valence-electron chi connectivity index (χ0n) is 16.8. The number of nitrogens with two attached hydrogens (primary N) is 1. The summed E-state index contributed by atoms with van der Waals surface area (Å²) in [5.41, 5.74) is 5.34. The van der Waals surface area contributed by atoms with Gasteiger partial charge in [-0.3, -0.25) is 9.59 Å². The molecule has 0 unspecified atom stereocenters. The lowest BCUT2D eigenvalue weighted by molar-refractivity contribution is -0.161. The van der Waals surface area contributed by atoms with Crippen LogP contribution in [0.4, 0.5) is 0 Å². The van der Waals surface area contributed by atoms with Crippen LogP contribution in [-0.2, 0) is 20.7 Å². The molecule has 2 aromatic rings. The van der Waals surface area contributed by atoms with Gasteiger partial charge in [-0.05, 0) is 42.0 Å². The second kappa shape index (κ2) is 9.82. The first-order valence-corrected chi connectivity index (χ1v) is 9.98. The van der Waals surface area contributed by atoms with Crippen LogP contribution < -0.4 is 15.2 Å². The molecule has 2 aromatic carbocycles. The lowest BCUT2D eigenvalue weighted by Gasteiger charge is -2.42. The highest BCUT2D eigenvalue weighted by molar-refractivity contribution is 6.30. The number of nitrogens with zero attached hydrogens (tertiary/aromatic N) is 1. The Balaban J connectivity index is 1.68. The molecule has 8 heteroatoms. The number of benzene rings is 2. The number of ether oxygens (including phenoxy) is 3. The van der Waals surface area contributed by atoms with Gasteiger partial charge in [-0.2, -0.15) is 0 Å². The highest BCUT2D eigenvalue weighted by atomic mass is 35.5. The molecule has 0 saturated carbocycles. The Bertz CT molecular complexity index is 872. The predicted molar refractivity (Wildman–Crippen MR) is 113 cm³/mol. The molecule has 0 radical (unpaired) electrons. The molecular formula is C22H25ClN2O5. The molecule has 0 bridgehead atoms. The molecule has 0 spiro atoms. The van der Waals surface area contributed by atoms with Crippen LogP contribution in [0.3, 0.4) is 0 Å². The fourth-order valence-electron chi connectivity index (χ4n) is 3.40. The molecule has 0 aliphatic carbocycles. The second-order valence-corrected chi connectivity index (χ2v) is 7.69. The Morgan fingerprint density at radius 1 is 1.13 bits per heavy atom. The number of halogens is 1. The number of hydrogen-bond donors (Lipinski definition) is 1. The standard InChI is InChI=1S/C22H25ClN2O5/c1-28-18-6-2-16(3-7-18)12-21(27)25-10-11-30-22(14-25,13-20(24)26)15-29-19-8-4-17(23)5-9-19/h2-9H,10-15H2,1H3,(H2,24,26)/t22-/m1/s1. The summed E-state index contributed by atoms with van der Waals surface area (Å²) in [5.74, 6) is 0.758. The number of methoxy groups -OCH3 is 1. The zero-order chi connectivity index (χ0) is 21.6. The molecule has 3 rings (SSSR count). The van der Waals surface area contributed by atoms with Crippen LogP contribution in [0.15, 0.2) is 48.5 Å². The van der Waals surface area contributed by atoms with E-state index >= 15 is 0 Å². The molecule has 30 heavy (non-hydrogen) atoms. The van der Waals surface area contributed by atoms with Crippen molar-refractivity contribution in [3.05, 3.63) is 59.1 Å². The van der Waals surface area contributed by atoms with Crippen LogP contribution in [0.25, 0.3) is 0 Å². The SMILES string of the molecule is COc1ccc(CC(=O)N2CCO[C@](COc3ccc(Cl)cc3)(CC(N)=O)C2)cc1. The molecular weight excluding hydrogens is 408 g/mol. The summed E-state index contributed by atoms with van der Waals surface area (Å²) < 4.78 is 16.9. The number of morpholine rings is 1. The van der Waals surface area contributed by atoms with Gasteiger partial charge in [0.1, 0.15) is 23.7 Å². The third-order valence-corrected chi connectivity index (χ3v) is 5.18. The summed E-state index contributed by atoms with van der Waals surface area (Å²) in [5, 5.41) is 0.596. The smallest absolute Gasteiger partial charge is 0.227 e. The Morgan fingerprint density at radius 3 is 2.43 bits per heavy atom. The number of carbonyl (C=O) groups excluding carboxylic acids is 2. The van der Waals surface area contributed by atoms with Gasteiger partial charge in [-0.25, -0.2) is 0 Å². The van der Waals surface area contributed by atoms with Crippen molar-refractivity contribution in [1.82, 2.24) is 4.90 Å². The fraction of sp³-hybridized carbons (Fsp3) is 0.364. The van der Waals surface area contributed by atoms with E-state index in [1.165, 1.54) is 0 Å². The van der Waals surface area contributed by atoms with Crippen molar-refractivity contribution in [3.63, 3.8) is 0 Å². The first kappa shape index (κ1) is 21.9. The quantitative estimate of drug-likeness (QED) is 0.691. The molecule has 1 aliphatic heterocycles. The molecule has 1 fully saturated rings. The van der Waals surface area contributed by atoms with Gasteiger partial charge in [0.2, 0.25) is 11.8 Å². The van der Waals surface area contributed by atoms with E-state index in [-0.39, 0.29) is 31.9 Å². The molecule has 7 nitrogen and oxygen atoms in total. The molecule has 160 valence electrons. The first-order valence-electron chi connectivity index (χ1n) is 9.60. The van der Waals surface area contributed by atoms with Gasteiger partial charge in [-0.15, -0.1) is 0 Å². The topological polar surface area (TPSA) is 91.1 Å². The average molecular weight is 433 g/mol. The van der Waals surface area contributed by atoms with E-state index in [4.69, 9.17) is 31.5 Å². The summed E-state index contributed by atoms with van der Waals surface area (Å²) in [4.78, 5) is 26.3. The van der Waals surface area contributed by atoms with Gasteiger partial charge in [-0.1, -0.05) is 23.7 Å². The minimum Gasteiger partial charge on any atom is -0.497 e. The Morgan fingerprint density at radius 2 is 1.80 bits per heavy atom. The molecule has 1 atom stereocenters. The van der Waals surface area contributed by atoms with Crippen LogP contribution in [0.2, 0.25) is 5.02 Å². The van der Waals surface area contributed by atoms with Crippen molar-refractivity contribution in [2.24, 2.45) is 5.73 Å². The van der Waals surface area contributed by atoms with E-state index in [1.807, 2.05) is 24.3 Å². The largest absolute Gasteiger partial charge is 0.497 e. The Hall–Kier alpha value is -2.77. The molecule has 1 aliphatic rings. The highest BCUT2D eigenvalue weighted by Crippen LogP contribution is 2.25. The predicted octanol–water partition coefficient (Wildman–Crippen LogP) is 2.44. The van der Waals surface area contributed by atoms with Gasteiger partial charge in [0.25, 0.3) is 0 Å². The van der Waals surface area contributed by atoms with Crippen LogP contribution in [-0.4, -0.2) is 55.7 Å². The van der Waals surface area contributed by atoms with E-state index in [1.54, 1.807) is 36.3 Å². The van der Waals surface area contributed by atoms with Gasteiger partial charge in [0, 0.05) is 11.6 Å². The number of hydrogen-bond acceptors (Lipinski definition) is 5. The lowest BCUT2D eigenvalue weighted by atomic mass is 9.97. The summed E-state index contributed by atoms with van der Waals surface area (Å²) in [7, 11) is 1.60. The van der Waals surface area contributed by atoms with E-state index in [0.29, 0.717) is 23.9 Å². The van der Waals surface area contributed by atoms with Crippen LogP contribution in [0.1, 0.15) is 12.0 Å². The maximum Gasteiger partial charge on any atom is 0.227 e. The summed E-state index contributed by atoms with van der Waals surface area (Å²) in [6, 6.07) is 14.2. The van der Waals surface area contributed by atoms with Gasteiger partial charge >= 0.3 is 0 Å². The first-order chi connectivity index (χ1) is 14.4. The number of amides is 2. The third kappa shape index (κ3) is 5.87. The van der Waals surface area contributed by atoms with Crippen LogP contribution in [0, 0.1) is 0 Å². The van der Waals surface area contributed by atoms with Crippen molar-refractivity contribution < 1.29 is 23.8 Å². The van der Waals surface area contributed by atoms with E-state index in [0.717, 1.165) is 11.3 Å². The molecule has 1 saturated heterocycles. The molecule has 1 heterocycles. The van der Waals surface area contributed by atoms with Crippen molar-refractivity contribution in [2.45, 2.75) is 18.4 Å². The van der Waals surface area contributed by atoms with Gasteiger partial charge in [0.15, 0.2) is 0 Å². The molecule has 0 aromatic heterocycles. The highest BCUT2D eigenvalue weighted by Gasteiger charge is 2.40. The second-order valence-electron chi connectivity index (χ2n) is 7.26. The Labute approximate surface area is 180 Å². The fourth-order valence-corrected chi connectivity index (χ4v) is 3.52. The normalized spacial score (nSPS) is 18.7. The van der Waals surface area contributed by atoms with E-state index in [2.05, 4.69) is 0 Å². The van der Waals surface area contributed by atoms with Crippen LogP contribution in [0.5, 0.6) is 11.5 Å². The lowest BCUT2D eigenvalue weighted by Crippen LogP contribution is -2.58. The van der Waals surface area contributed by atoms with Crippen molar-refractivity contribution in [3.8, 4) is 11.5 Å². The maximum atomic E-state index is 12.9. The minimum atomic E-state index is -1.00. The van der Waals surface area contributed by atoms with Gasteiger partial charge < -0.3 is 24.8 Å². The van der Waals surface area contributed by atoms with Crippen molar-refractivity contribution in [2.75, 3.05) is 33.4 Å². The summed E-state index contributed by atoms with van der Waals surface area (Å²) in [6.45, 7) is 1.05. The molecule has 2 amide bonds. The third-order valence-electron chi connectivity index (χ3n) is 4.93. The number of carbonyl (C=O) groups is 2.